The van der Waals surface area contributed by atoms with Gasteiger partial charge in [-0.15, -0.1) is 0 Å². The molecule has 2 heterocycles. The molecule has 1 saturated heterocycles. The maximum Gasteiger partial charge on any atom is 0.304 e. The predicted molar refractivity (Wildman–Crippen MR) is 112 cm³/mol. The van der Waals surface area contributed by atoms with Gasteiger partial charge in [0.25, 0.3) is 0 Å². The van der Waals surface area contributed by atoms with Crippen LogP contribution in [-0.4, -0.2) is 40.5 Å². The van der Waals surface area contributed by atoms with Gasteiger partial charge < -0.3 is 19.7 Å². The quantitative estimate of drug-likeness (QED) is 0.579. The van der Waals surface area contributed by atoms with Crippen LogP contribution in [0.25, 0.3) is 0 Å². The Morgan fingerprint density at radius 2 is 1.90 bits per heavy atom. The summed E-state index contributed by atoms with van der Waals surface area (Å²) in [5.41, 5.74) is 0. The third kappa shape index (κ3) is 8.83. The van der Waals surface area contributed by atoms with Gasteiger partial charge in [0.1, 0.15) is 0 Å². The fourth-order valence-electron chi connectivity index (χ4n) is 4.29. The number of aliphatic carboxylic acids is 1. The number of carboxylic acid groups (broad SMARTS) is 1. The Kier molecular flexibility index (Phi) is 11.2. The lowest BCUT2D eigenvalue weighted by atomic mass is 9.84. The largest absolute Gasteiger partial charge is 0.481 e. The first kappa shape index (κ1) is 23.8. The van der Waals surface area contributed by atoms with Crippen molar-refractivity contribution >= 4 is 5.97 Å². The lowest BCUT2D eigenvalue weighted by Crippen LogP contribution is -2.34. The SMILES string of the molecule is CC.O=C(O)C[C@@H](CCCC1CCCCC1)c1nc(CNC2CCOCC2)no1. The van der Waals surface area contributed by atoms with Crippen LogP contribution in [0.4, 0.5) is 0 Å². The van der Waals surface area contributed by atoms with E-state index in [0.29, 0.717) is 24.3 Å². The summed E-state index contributed by atoms with van der Waals surface area (Å²) in [5, 5.41) is 16.7. The average Bonchev–Trinajstić information content (AvgIpc) is 3.23. The Hall–Kier alpha value is -1.47. The van der Waals surface area contributed by atoms with Crippen LogP contribution in [0.5, 0.6) is 0 Å². The summed E-state index contributed by atoms with van der Waals surface area (Å²) in [5.74, 6) is 0.906. The molecule has 0 unspecified atom stereocenters. The second-order valence-corrected chi connectivity index (χ2v) is 8.05. The summed E-state index contributed by atoms with van der Waals surface area (Å²) in [4.78, 5) is 15.8. The Morgan fingerprint density at radius 3 is 2.59 bits per heavy atom. The van der Waals surface area contributed by atoms with Crippen molar-refractivity contribution in [2.45, 2.75) is 103 Å². The standard InChI is InChI=1S/C20H33N3O4.C2H6/c24-19(25)13-16(8-4-7-15-5-2-1-3-6-15)20-22-18(23-27-20)14-21-17-9-11-26-12-10-17;1-2/h15-17,21H,1-14H2,(H,24,25);1-2H3/t16-;/m1./s1. The van der Waals surface area contributed by atoms with E-state index in [1.807, 2.05) is 13.8 Å². The van der Waals surface area contributed by atoms with E-state index in [4.69, 9.17) is 9.26 Å². The molecule has 1 aliphatic carbocycles. The Balaban J connectivity index is 0.00000145. The summed E-state index contributed by atoms with van der Waals surface area (Å²) in [6.07, 6.45) is 11.8. The number of carboxylic acids is 1. The van der Waals surface area contributed by atoms with Crippen LogP contribution < -0.4 is 5.32 Å². The smallest absolute Gasteiger partial charge is 0.304 e. The minimum absolute atomic E-state index is 0.0553. The molecule has 1 atom stereocenters. The second-order valence-electron chi connectivity index (χ2n) is 8.05. The van der Waals surface area contributed by atoms with Gasteiger partial charge in [0.15, 0.2) is 5.82 Å². The zero-order valence-corrected chi connectivity index (χ0v) is 18.2. The highest BCUT2D eigenvalue weighted by atomic mass is 16.5. The zero-order valence-electron chi connectivity index (χ0n) is 18.2. The molecule has 7 nitrogen and oxygen atoms in total. The second kappa shape index (κ2) is 13.7. The van der Waals surface area contributed by atoms with Crippen molar-refractivity contribution in [3.8, 4) is 0 Å². The number of rotatable bonds is 10. The highest BCUT2D eigenvalue weighted by molar-refractivity contribution is 5.67. The molecule has 0 amide bonds. The Morgan fingerprint density at radius 1 is 1.17 bits per heavy atom. The number of hydrogen-bond donors (Lipinski definition) is 2. The molecule has 1 aromatic heterocycles. The van der Waals surface area contributed by atoms with E-state index in [1.54, 1.807) is 0 Å². The van der Waals surface area contributed by atoms with Crippen molar-refractivity contribution in [3.05, 3.63) is 11.7 Å². The number of hydrogen-bond acceptors (Lipinski definition) is 6. The van der Waals surface area contributed by atoms with Crippen LogP contribution in [0, 0.1) is 5.92 Å². The number of aromatic nitrogens is 2. The van der Waals surface area contributed by atoms with E-state index < -0.39 is 5.97 Å². The molecule has 0 spiro atoms. The van der Waals surface area contributed by atoms with E-state index in [0.717, 1.165) is 44.8 Å². The van der Waals surface area contributed by atoms with E-state index in [2.05, 4.69) is 15.5 Å². The molecule has 2 N–H and O–H groups in total. The first-order valence-corrected chi connectivity index (χ1v) is 11.6. The first-order chi connectivity index (χ1) is 14.2. The van der Waals surface area contributed by atoms with Crippen molar-refractivity contribution in [1.29, 1.82) is 0 Å². The van der Waals surface area contributed by atoms with Crippen LogP contribution in [0.2, 0.25) is 0 Å². The summed E-state index contributed by atoms with van der Waals surface area (Å²) < 4.78 is 10.8. The van der Waals surface area contributed by atoms with Crippen molar-refractivity contribution in [3.63, 3.8) is 0 Å². The van der Waals surface area contributed by atoms with E-state index in [1.165, 1.54) is 38.5 Å². The fourth-order valence-corrected chi connectivity index (χ4v) is 4.29. The highest BCUT2D eigenvalue weighted by Crippen LogP contribution is 2.31. The predicted octanol–water partition coefficient (Wildman–Crippen LogP) is 4.67. The van der Waals surface area contributed by atoms with Gasteiger partial charge >= 0.3 is 5.97 Å². The number of nitrogens with zero attached hydrogens (tertiary/aromatic N) is 2. The van der Waals surface area contributed by atoms with Crippen LogP contribution in [-0.2, 0) is 16.1 Å². The van der Waals surface area contributed by atoms with Gasteiger partial charge in [-0.25, -0.2) is 0 Å². The van der Waals surface area contributed by atoms with Crippen molar-refractivity contribution < 1.29 is 19.2 Å². The number of nitrogens with one attached hydrogen (secondary N) is 1. The van der Waals surface area contributed by atoms with Crippen LogP contribution in [0.15, 0.2) is 4.52 Å². The van der Waals surface area contributed by atoms with Gasteiger partial charge in [0.05, 0.1) is 13.0 Å². The molecule has 1 saturated carbocycles. The molecule has 2 fully saturated rings. The topological polar surface area (TPSA) is 97.5 Å². The molecule has 1 aliphatic heterocycles. The molecule has 0 bridgehead atoms. The Labute approximate surface area is 175 Å². The van der Waals surface area contributed by atoms with Gasteiger partial charge in [-0.3, -0.25) is 4.79 Å². The van der Waals surface area contributed by atoms with Crippen molar-refractivity contribution in [1.82, 2.24) is 15.5 Å². The third-order valence-electron chi connectivity index (χ3n) is 5.91. The normalized spacial score (nSPS) is 19.4. The van der Waals surface area contributed by atoms with Crippen molar-refractivity contribution in [2.24, 2.45) is 5.92 Å². The highest BCUT2D eigenvalue weighted by Gasteiger charge is 2.23. The van der Waals surface area contributed by atoms with Crippen LogP contribution in [0.3, 0.4) is 0 Å². The zero-order chi connectivity index (χ0) is 20.9. The average molecular weight is 410 g/mol. The molecule has 3 rings (SSSR count). The molecule has 2 aliphatic rings. The fraction of sp³-hybridized carbons (Fsp3) is 0.864. The van der Waals surface area contributed by atoms with Crippen molar-refractivity contribution in [2.75, 3.05) is 13.2 Å². The third-order valence-corrected chi connectivity index (χ3v) is 5.91. The lowest BCUT2D eigenvalue weighted by Gasteiger charge is -2.22. The van der Waals surface area contributed by atoms with E-state index in [-0.39, 0.29) is 12.3 Å². The summed E-state index contributed by atoms with van der Waals surface area (Å²) in [6, 6.07) is 0.422. The number of carbonyl (C=O) groups is 1. The molecule has 7 heteroatoms. The van der Waals surface area contributed by atoms with E-state index in [9.17, 15) is 9.90 Å². The van der Waals surface area contributed by atoms with Gasteiger partial charge in [-0.1, -0.05) is 63.9 Å². The monoisotopic (exact) mass is 409 g/mol. The summed E-state index contributed by atoms with van der Waals surface area (Å²) in [6.45, 7) is 6.13. The van der Waals surface area contributed by atoms with Gasteiger partial charge in [0.2, 0.25) is 5.89 Å². The minimum Gasteiger partial charge on any atom is -0.481 e. The van der Waals surface area contributed by atoms with E-state index >= 15 is 0 Å². The number of ether oxygens (including phenoxy) is 1. The summed E-state index contributed by atoms with van der Waals surface area (Å²) in [7, 11) is 0. The van der Waals surface area contributed by atoms with Crippen LogP contribution >= 0.6 is 0 Å². The lowest BCUT2D eigenvalue weighted by molar-refractivity contribution is -0.137. The molecule has 166 valence electrons. The van der Waals surface area contributed by atoms with Gasteiger partial charge in [0, 0.05) is 25.2 Å². The van der Waals surface area contributed by atoms with Gasteiger partial charge in [-0.05, 0) is 25.2 Å². The molecular formula is C22H39N3O4. The molecular weight excluding hydrogens is 370 g/mol. The Bertz CT molecular complexity index is 566. The first-order valence-electron chi connectivity index (χ1n) is 11.6. The molecule has 0 aromatic carbocycles. The molecule has 1 aromatic rings. The maximum absolute atomic E-state index is 11.3. The minimum atomic E-state index is -0.808. The molecule has 0 radical (unpaired) electrons. The molecule has 29 heavy (non-hydrogen) atoms. The maximum atomic E-state index is 11.3. The summed E-state index contributed by atoms with van der Waals surface area (Å²) >= 11 is 0. The van der Waals surface area contributed by atoms with Crippen LogP contribution in [0.1, 0.15) is 102 Å². The van der Waals surface area contributed by atoms with Gasteiger partial charge in [-0.2, -0.15) is 4.98 Å².